The lowest BCUT2D eigenvalue weighted by Crippen LogP contribution is -2.56. The van der Waals surface area contributed by atoms with Gasteiger partial charge in [0.2, 0.25) is 5.91 Å². The van der Waals surface area contributed by atoms with Crippen LogP contribution >= 0.6 is 11.6 Å². The van der Waals surface area contributed by atoms with Gasteiger partial charge in [-0.05, 0) is 51.8 Å². The molecular weight excluding hydrogens is 366 g/mol. The Balaban J connectivity index is 1.57. The molecule has 0 aromatic heterocycles. The van der Waals surface area contributed by atoms with Gasteiger partial charge in [0, 0.05) is 42.9 Å². The highest BCUT2D eigenvalue weighted by molar-refractivity contribution is 6.31. The highest BCUT2D eigenvalue weighted by Crippen LogP contribution is 2.31. The van der Waals surface area contributed by atoms with Crippen molar-refractivity contribution in [3.05, 3.63) is 28.8 Å². The van der Waals surface area contributed by atoms with E-state index in [2.05, 4.69) is 4.90 Å². The van der Waals surface area contributed by atoms with Gasteiger partial charge >= 0.3 is 6.09 Å². The van der Waals surface area contributed by atoms with Gasteiger partial charge in [-0.15, -0.1) is 0 Å². The normalized spacial score (nSPS) is 20.6. The van der Waals surface area contributed by atoms with Crippen LogP contribution in [0.3, 0.4) is 0 Å². The van der Waals surface area contributed by atoms with Gasteiger partial charge in [0.05, 0.1) is 6.54 Å². The highest BCUT2D eigenvalue weighted by Gasteiger charge is 2.33. The molecule has 7 heteroatoms. The number of halogens is 1. The SMILES string of the molecule is C[C@@H]1CN(CC(=O)N2CCc3ccc(Cl)cc32)CCN1C(=O)OC(C)(C)C. The van der Waals surface area contributed by atoms with Gasteiger partial charge in [0.25, 0.3) is 0 Å². The molecule has 2 aliphatic rings. The number of benzene rings is 1. The van der Waals surface area contributed by atoms with Crippen LogP contribution in [0, 0.1) is 0 Å². The van der Waals surface area contributed by atoms with Gasteiger partial charge in [-0.25, -0.2) is 4.79 Å². The van der Waals surface area contributed by atoms with Crippen molar-refractivity contribution in [2.75, 3.05) is 37.6 Å². The van der Waals surface area contributed by atoms with Crippen LogP contribution in [0.4, 0.5) is 10.5 Å². The third kappa shape index (κ3) is 4.74. The molecule has 27 heavy (non-hydrogen) atoms. The van der Waals surface area contributed by atoms with E-state index < -0.39 is 5.60 Å². The summed E-state index contributed by atoms with van der Waals surface area (Å²) in [5, 5.41) is 0.646. The van der Waals surface area contributed by atoms with Crippen molar-refractivity contribution in [1.82, 2.24) is 9.80 Å². The third-order valence-corrected chi connectivity index (χ3v) is 5.18. The Kier molecular flexibility index (Phi) is 5.68. The van der Waals surface area contributed by atoms with Crippen LogP contribution in [-0.4, -0.2) is 66.2 Å². The molecule has 3 rings (SSSR count). The first kappa shape index (κ1) is 20.0. The van der Waals surface area contributed by atoms with Gasteiger partial charge < -0.3 is 14.5 Å². The summed E-state index contributed by atoms with van der Waals surface area (Å²) in [6.07, 6.45) is 0.574. The smallest absolute Gasteiger partial charge is 0.410 e. The van der Waals surface area contributed by atoms with Gasteiger partial charge in [-0.1, -0.05) is 17.7 Å². The van der Waals surface area contributed by atoms with E-state index in [0.717, 1.165) is 17.7 Å². The molecule has 0 aliphatic carbocycles. The lowest BCUT2D eigenvalue weighted by Gasteiger charge is -2.40. The molecular formula is C20H28ClN3O3. The van der Waals surface area contributed by atoms with Crippen LogP contribution in [0.1, 0.15) is 33.3 Å². The predicted molar refractivity (Wildman–Crippen MR) is 106 cm³/mol. The standard InChI is InChI=1S/C20H28ClN3O3/c1-14-12-22(9-10-23(14)19(26)27-20(2,3)4)13-18(25)24-8-7-15-5-6-16(21)11-17(15)24/h5-6,11,14H,7-10,12-13H2,1-4H3/t14-/m1/s1. The van der Waals surface area contributed by atoms with Gasteiger partial charge in [0.1, 0.15) is 5.60 Å². The summed E-state index contributed by atoms with van der Waals surface area (Å²) in [6.45, 7) is 10.5. The van der Waals surface area contributed by atoms with Crippen LogP contribution in [0.15, 0.2) is 18.2 Å². The minimum absolute atomic E-state index is 0.00158. The average molecular weight is 394 g/mol. The van der Waals surface area contributed by atoms with Crippen LogP contribution in [0.5, 0.6) is 0 Å². The van der Waals surface area contributed by atoms with Crippen molar-refractivity contribution in [3.63, 3.8) is 0 Å². The number of amides is 2. The first-order valence-corrected chi connectivity index (χ1v) is 9.82. The van der Waals surface area contributed by atoms with E-state index in [1.807, 2.05) is 50.8 Å². The number of rotatable bonds is 2. The summed E-state index contributed by atoms with van der Waals surface area (Å²) in [7, 11) is 0. The molecule has 0 bridgehead atoms. The molecule has 1 saturated heterocycles. The van der Waals surface area contributed by atoms with E-state index >= 15 is 0 Å². The number of anilines is 1. The molecule has 0 saturated carbocycles. The fraction of sp³-hybridized carbons (Fsp3) is 0.600. The molecule has 1 aromatic rings. The van der Waals surface area contributed by atoms with Crippen LogP contribution in [-0.2, 0) is 16.0 Å². The second-order valence-electron chi connectivity index (χ2n) is 8.33. The largest absolute Gasteiger partial charge is 0.444 e. The number of hydrogen-bond donors (Lipinski definition) is 0. The van der Waals surface area contributed by atoms with Crippen LogP contribution in [0.25, 0.3) is 0 Å². The second-order valence-corrected chi connectivity index (χ2v) is 8.76. The third-order valence-electron chi connectivity index (χ3n) is 4.94. The molecule has 0 N–H and O–H groups in total. The summed E-state index contributed by atoms with van der Waals surface area (Å²) in [5.74, 6) is 0.0777. The summed E-state index contributed by atoms with van der Waals surface area (Å²) in [4.78, 5) is 30.8. The number of hydrogen-bond acceptors (Lipinski definition) is 4. The van der Waals surface area contributed by atoms with Crippen molar-refractivity contribution in [2.24, 2.45) is 0 Å². The maximum absolute atomic E-state index is 12.8. The maximum atomic E-state index is 12.8. The Hall–Kier alpha value is -1.79. The Morgan fingerprint density at radius 3 is 2.63 bits per heavy atom. The number of carbonyl (C=O) groups excluding carboxylic acids is 2. The van der Waals surface area contributed by atoms with Crippen molar-refractivity contribution in [2.45, 2.75) is 45.8 Å². The topological polar surface area (TPSA) is 53.1 Å². The van der Waals surface area contributed by atoms with E-state index in [-0.39, 0.29) is 18.0 Å². The number of carbonyl (C=O) groups is 2. The van der Waals surface area contributed by atoms with E-state index in [4.69, 9.17) is 16.3 Å². The van der Waals surface area contributed by atoms with Crippen molar-refractivity contribution >= 4 is 29.3 Å². The second kappa shape index (κ2) is 7.68. The van der Waals surface area contributed by atoms with Gasteiger partial charge in [0.15, 0.2) is 0 Å². The Labute approximate surface area is 166 Å². The summed E-state index contributed by atoms with van der Waals surface area (Å²) >= 11 is 6.10. The molecule has 1 aromatic carbocycles. The first-order valence-electron chi connectivity index (χ1n) is 9.45. The molecule has 6 nitrogen and oxygen atoms in total. The highest BCUT2D eigenvalue weighted by atomic mass is 35.5. The van der Waals surface area contributed by atoms with Crippen LogP contribution in [0.2, 0.25) is 5.02 Å². The fourth-order valence-corrected chi connectivity index (χ4v) is 3.82. The molecule has 0 unspecified atom stereocenters. The summed E-state index contributed by atoms with van der Waals surface area (Å²) in [5.41, 5.74) is 1.58. The Bertz CT molecular complexity index is 732. The first-order chi connectivity index (χ1) is 12.6. The van der Waals surface area contributed by atoms with E-state index in [0.29, 0.717) is 37.7 Å². The monoisotopic (exact) mass is 393 g/mol. The number of nitrogens with zero attached hydrogens (tertiary/aromatic N) is 3. The Morgan fingerprint density at radius 1 is 1.22 bits per heavy atom. The molecule has 148 valence electrons. The maximum Gasteiger partial charge on any atom is 0.410 e. The average Bonchev–Trinajstić information content (AvgIpc) is 2.96. The zero-order valence-electron chi connectivity index (χ0n) is 16.5. The molecule has 0 radical (unpaired) electrons. The molecule has 2 aliphatic heterocycles. The molecule has 2 amide bonds. The number of fused-ring (bicyclic) bond motifs is 1. The minimum atomic E-state index is -0.506. The van der Waals surface area contributed by atoms with Gasteiger partial charge in [-0.3, -0.25) is 9.69 Å². The molecule has 1 atom stereocenters. The van der Waals surface area contributed by atoms with Crippen molar-refractivity contribution in [3.8, 4) is 0 Å². The van der Waals surface area contributed by atoms with E-state index in [9.17, 15) is 9.59 Å². The van der Waals surface area contributed by atoms with E-state index in [1.165, 1.54) is 0 Å². The Morgan fingerprint density at radius 2 is 1.96 bits per heavy atom. The number of ether oxygens (including phenoxy) is 1. The number of piperazine rings is 1. The molecule has 1 fully saturated rings. The zero-order chi connectivity index (χ0) is 19.8. The quantitative estimate of drug-likeness (QED) is 0.774. The van der Waals surface area contributed by atoms with E-state index in [1.54, 1.807) is 4.90 Å². The molecule has 0 spiro atoms. The van der Waals surface area contributed by atoms with Crippen LogP contribution < -0.4 is 4.90 Å². The minimum Gasteiger partial charge on any atom is -0.444 e. The lowest BCUT2D eigenvalue weighted by molar-refractivity contribution is -0.120. The summed E-state index contributed by atoms with van der Waals surface area (Å²) < 4.78 is 5.48. The van der Waals surface area contributed by atoms with Gasteiger partial charge in [-0.2, -0.15) is 0 Å². The molecule has 2 heterocycles. The zero-order valence-corrected chi connectivity index (χ0v) is 17.3. The fourth-order valence-electron chi connectivity index (χ4n) is 3.66. The van der Waals surface area contributed by atoms with Crippen molar-refractivity contribution < 1.29 is 14.3 Å². The summed E-state index contributed by atoms with van der Waals surface area (Å²) in [6, 6.07) is 5.73. The lowest BCUT2D eigenvalue weighted by atomic mass is 10.1. The predicted octanol–water partition coefficient (Wildman–Crippen LogP) is 3.17. The van der Waals surface area contributed by atoms with Crippen molar-refractivity contribution in [1.29, 1.82) is 0 Å².